The van der Waals surface area contributed by atoms with E-state index in [4.69, 9.17) is 0 Å². The fourth-order valence-corrected chi connectivity index (χ4v) is 0.741. The Balaban J connectivity index is 2.49. The van der Waals surface area contributed by atoms with Gasteiger partial charge in [0, 0.05) is 0 Å². The predicted octanol–water partition coefficient (Wildman–Crippen LogP) is 2.92. The molecule has 13 heavy (non-hydrogen) atoms. The Morgan fingerprint density at radius 2 is 1.92 bits per heavy atom. The third kappa shape index (κ3) is 4.42. The Bertz CT molecular complexity index is 282. The van der Waals surface area contributed by atoms with Crippen LogP contribution in [0.25, 0.3) is 0 Å². The molecule has 0 amide bonds. The number of hydrogen-bond donors (Lipinski definition) is 1. The SMILES string of the molecule is FC(F)(Cl)C=NNc1ccccc1. The Kier molecular flexibility index (Phi) is 3.19. The lowest BCUT2D eigenvalue weighted by atomic mass is 10.3. The Morgan fingerprint density at radius 1 is 1.31 bits per heavy atom. The molecule has 0 aliphatic heterocycles. The first-order valence-electron chi connectivity index (χ1n) is 3.50. The fraction of sp³-hybridized carbons (Fsp3) is 0.125. The van der Waals surface area contributed by atoms with Crippen molar-refractivity contribution >= 4 is 23.5 Å². The van der Waals surface area contributed by atoms with Gasteiger partial charge in [-0.15, -0.1) is 0 Å². The molecule has 0 aliphatic rings. The second-order valence-electron chi connectivity index (χ2n) is 2.28. The van der Waals surface area contributed by atoms with E-state index in [2.05, 4.69) is 22.1 Å². The number of hydrazone groups is 1. The average molecular weight is 205 g/mol. The van der Waals surface area contributed by atoms with Crippen LogP contribution < -0.4 is 5.43 Å². The maximum absolute atomic E-state index is 12.0. The van der Waals surface area contributed by atoms with Crippen molar-refractivity contribution in [1.82, 2.24) is 0 Å². The van der Waals surface area contributed by atoms with Gasteiger partial charge < -0.3 is 0 Å². The van der Waals surface area contributed by atoms with E-state index < -0.39 is 5.38 Å². The Labute approximate surface area is 79.2 Å². The summed E-state index contributed by atoms with van der Waals surface area (Å²) in [5, 5.41) is -0.145. The molecular weight excluding hydrogens is 198 g/mol. The lowest BCUT2D eigenvalue weighted by Gasteiger charge is -2.00. The zero-order valence-electron chi connectivity index (χ0n) is 6.55. The van der Waals surface area contributed by atoms with Crippen LogP contribution in [0, 0.1) is 0 Å². The first-order valence-corrected chi connectivity index (χ1v) is 3.88. The first kappa shape index (κ1) is 9.92. The molecule has 0 spiro atoms. The third-order valence-corrected chi connectivity index (χ3v) is 1.28. The molecule has 0 radical (unpaired) electrons. The highest BCUT2D eigenvalue weighted by atomic mass is 35.5. The summed E-state index contributed by atoms with van der Waals surface area (Å²) in [5.41, 5.74) is 3.03. The molecule has 0 saturated carbocycles. The molecule has 0 aromatic heterocycles. The molecule has 0 heterocycles. The molecule has 1 rings (SSSR count). The van der Waals surface area contributed by atoms with Crippen LogP contribution in [-0.2, 0) is 0 Å². The van der Waals surface area contributed by atoms with E-state index in [1.54, 1.807) is 24.3 Å². The van der Waals surface area contributed by atoms with E-state index in [1.807, 2.05) is 6.07 Å². The lowest BCUT2D eigenvalue weighted by Crippen LogP contribution is -2.08. The summed E-state index contributed by atoms with van der Waals surface area (Å²) in [7, 11) is 0. The molecule has 0 fully saturated rings. The smallest absolute Gasteiger partial charge is 0.279 e. The van der Waals surface area contributed by atoms with Gasteiger partial charge in [-0.2, -0.15) is 13.9 Å². The van der Waals surface area contributed by atoms with Gasteiger partial charge in [0.15, 0.2) is 0 Å². The molecule has 70 valence electrons. The van der Waals surface area contributed by atoms with Crippen LogP contribution in [0.3, 0.4) is 0 Å². The quantitative estimate of drug-likeness (QED) is 0.457. The summed E-state index contributed by atoms with van der Waals surface area (Å²) in [6.07, 6.45) is 0.335. The van der Waals surface area contributed by atoms with Crippen molar-refractivity contribution in [3.05, 3.63) is 30.3 Å². The van der Waals surface area contributed by atoms with Crippen molar-refractivity contribution in [3.8, 4) is 0 Å². The van der Waals surface area contributed by atoms with E-state index in [-0.39, 0.29) is 0 Å². The van der Waals surface area contributed by atoms with Gasteiger partial charge in [-0.25, -0.2) is 0 Å². The van der Waals surface area contributed by atoms with Gasteiger partial charge >= 0.3 is 5.38 Å². The molecule has 5 heteroatoms. The number of hydrogen-bond acceptors (Lipinski definition) is 2. The minimum atomic E-state index is -3.40. The van der Waals surface area contributed by atoms with E-state index in [0.717, 1.165) is 0 Å². The zero-order chi connectivity index (χ0) is 9.73. The first-order chi connectivity index (χ1) is 6.08. The maximum atomic E-state index is 12.0. The number of benzene rings is 1. The minimum Gasteiger partial charge on any atom is -0.279 e. The van der Waals surface area contributed by atoms with Gasteiger partial charge in [-0.05, 0) is 23.7 Å². The third-order valence-electron chi connectivity index (χ3n) is 1.18. The molecule has 0 atom stereocenters. The molecule has 1 N–H and O–H groups in total. The second-order valence-corrected chi connectivity index (χ2v) is 2.78. The van der Waals surface area contributed by atoms with E-state index in [9.17, 15) is 8.78 Å². The molecule has 1 aromatic carbocycles. The van der Waals surface area contributed by atoms with E-state index >= 15 is 0 Å². The molecule has 0 unspecified atom stereocenters. The normalized spacial score (nSPS) is 11.9. The number of alkyl halides is 3. The van der Waals surface area contributed by atoms with Gasteiger partial charge in [0.25, 0.3) is 0 Å². The number of para-hydroxylation sites is 1. The topological polar surface area (TPSA) is 24.4 Å². The van der Waals surface area contributed by atoms with Crippen LogP contribution >= 0.6 is 11.6 Å². The van der Waals surface area contributed by atoms with Crippen molar-refractivity contribution in [2.75, 3.05) is 5.43 Å². The van der Waals surface area contributed by atoms with Crippen LogP contribution in [0.2, 0.25) is 0 Å². The summed E-state index contributed by atoms with van der Waals surface area (Å²) >= 11 is 4.58. The number of nitrogens with one attached hydrogen (secondary N) is 1. The van der Waals surface area contributed by atoms with Crippen LogP contribution in [0.15, 0.2) is 35.4 Å². The monoisotopic (exact) mass is 204 g/mol. The van der Waals surface area contributed by atoms with E-state index in [0.29, 0.717) is 11.9 Å². The summed E-state index contributed by atoms with van der Waals surface area (Å²) in [6.45, 7) is 0. The summed E-state index contributed by atoms with van der Waals surface area (Å²) < 4.78 is 24.0. The molecule has 1 aromatic rings. The van der Waals surface area contributed by atoms with E-state index in [1.165, 1.54) is 0 Å². The molecule has 0 saturated heterocycles. The van der Waals surface area contributed by atoms with Crippen LogP contribution in [0.5, 0.6) is 0 Å². The van der Waals surface area contributed by atoms with Gasteiger partial charge in [0.05, 0.1) is 5.69 Å². The molecule has 0 aliphatic carbocycles. The van der Waals surface area contributed by atoms with Crippen molar-refractivity contribution in [2.45, 2.75) is 5.38 Å². The van der Waals surface area contributed by atoms with Crippen molar-refractivity contribution in [3.63, 3.8) is 0 Å². The highest BCUT2D eigenvalue weighted by Crippen LogP contribution is 2.15. The average Bonchev–Trinajstić information content (AvgIpc) is 2.04. The predicted molar refractivity (Wildman–Crippen MR) is 49.4 cm³/mol. The molecule has 0 bridgehead atoms. The second kappa shape index (κ2) is 4.18. The van der Waals surface area contributed by atoms with Crippen molar-refractivity contribution in [2.24, 2.45) is 5.10 Å². The molecule has 2 nitrogen and oxygen atoms in total. The highest BCUT2D eigenvalue weighted by Gasteiger charge is 2.20. The maximum Gasteiger partial charge on any atom is 0.359 e. The minimum absolute atomic E-state index is 0.335. The van der Waals surface area contributed by atoms with Gasteiger partial charge in [0.1, 0.15) is 6.21 Å². The molecular formula is C8H7ClF2N2. The number of halogens is 3. The summed E-state index contributed by atoms with van der Waals surface area (Å²) in [4.78, 5) is 0. The number of rotatable bonds is 3. The lowest BCUT2D eigenvalue weighted by molar-refractivity contribution is 0.181. The van der Waals surface area contributed by atoms with Gasteiger partial charge in [-0.3, -0.25) is 5.43 Å². The number of nitrogens with zero attached hydrogens (tertiary/aromatic N) is 1. The Morgan fingerprint density at radius 3 is 2.46 bits per heavy atom. The Hall–Kier alpha value is -1.16. The van der Waals surface area contributed by atoms with Crippen LogP contribution in [0.1, 0.15) is 0 Å². The van der Waals surface area contributed by atoms with Gasteiger partial charge in [-0.1, -0.05) is 18.2 Å². The summed E-state index contributed by atoms with van der Waals surface area (Å²) in [5.74, 6) is 0. The van der Waals surface area contributed by atoms with Crippen molar-refractivity contribution < 1.29 is 8.78 Å². The fourth-order valence-electron chi connectivity index (χ4n) is 0.693. The standard InChI is InChI=1S/C8H7ClF2N2/c9-8(10,11)6-12-13-7-4-2-1-3-5-7/h1-6,13H. The van der Waals surface area contributed by atoms with Gasteiger partial charge in [0.2, 0.25) is 0 Å². The van der Waals surface area contributed by atoms with Crippen LogP contribution in [0.4, 0.5) is 14.5 Å². The largest absolute Gasteiger partial charge is 0.359 e. The van der Waals surface area contributed by atoms with Crippen LogP contribution in [-0.4, -0.2) is 11.6 Å². The zero-order valence-corrected chi connectivity index (χ0v) is 7.30. The number of anilines is 1. The van der Waals surface area contributed by atoms with Crippen molar-refractivity contribution in [1.29, 1.82) is 0 Å². The highest BCUT2D eigenvalue weighted by molar-refractivity contribution is 6.29. The summed E-state index contributed by atoms with van der Waals surface area (Å²) in [6, 6.07) is 8.73.